The summed E-state index contributed by atoms with van der Waals surface area (Å²) in [7, 11) is 1.77. The van der Waals surface area contributed by atoms with E-state index in [0.29, 0.717) is 11.8 Å². The van der Waals surface area contributed by atoms with Crippen LogP contribution >= 0.6 is 11.6 Å². The molecule has 1 unspecified atom stereocenters. The molecule has 3 nitrogen and oxygen atoms in total. The number of anilines is 1. The Morgan fingerprint density at radius 1 is 1.59 bits per heavy atom. The number of pyridine rings is 1. The van der Waals surface area contributed by atoms with Crippen LogP contribution in [0.5, 0.6) is 0 Å². The molecule has 4 heteroatoms. The molecule has 0 N–H and O–H groups in total. The van der Waals surface area contributed by atoms with E-state index in [0.717, 1.165) is 31.0 Å². The Balaban J connectivity index is 2.14. The number of ether oxygens (including phenoxy) is 1. The molecule has 17 heavy (non-hydrogen) atoms. The second-order valence-electron chi connectivity index (χ2n) is 4.64. The summed E-state index contributed by atoms with van der Waals surface area (Å²) in [5.74, 6) is 1.16. The summed E-state index contributed by atoms with van der Waals surface area (Å²) in [4.78, 5) is 6.70. The Labute approximate surface area is 108 Å². The molecule has 0 aliphatic carbocycles. The molecule has 1 aliphatic rings. The van der Waals surface area contributed by atoms with Gasteiger partial charge in [-0.1, -0.05) is 0 Å². The Hall–Kier alpha value is -0.800. The highest BCUT2D eigenvalue weighted by Gasteiger charge is 2.24. The zero-order chi connectivity index (χ0) is 12.3. The second kappa shape index (κ2) is 5.69. The molecule has 0 saturated carbocycles. The van der Waals surface area contributed by atoms with E-state index in [1.165, 1.54) is 12.1 Å². The van der Waals surface area contributed by atoms with Gasteiger partial charge in [0.05, 0.1) is 12.5 Å². The molecule has 1 fully saturated rings. The highest BCUT2D eigenvalue weighted by atomic mass is 35.5. The summed E-state index contributed by atoms with van der Waals surface area (Å²) in [5, 5.41) is 0. The molecule has 0 bridgehead atoms. The Kier molecular flexibility index (Phi) is 4.24. The lowest BCUT2D eigenvalue weighted by molar-refractivity contribution is 0.161. The van der Waals surface area contributed by atoms with Gasteiger partial charge in [0.1, 0.15) is 0 Å². The Morgan fingerprint density at radius 3 is 3.12 bits per heavy atom. The summed E-state index contributed by atoms with van der Waals surface area (Å²) < 4.78 is 5.23. The highest BCUT2D eigenvalue weighted by Crippen LogP contribution is 2.28. The molecule has 1 aliphatic heterocycles. The molecule has 2 heterocycles. The van der Waals surface area contributed by atoms with Crippen molar-refractivity contribution in [2.45, 2.75) is 19.2 Å². The van der Waals surface area contributed by atoms with E-state index in [1.807, 2.05) is 13.1 Å². The Bertz CT molecular complexity index is 384. The minimum absolute atomic E-state index is 0.522. The number of nitrogens with zero attached hydrogens (tertiary/aromatic N) is 2. The van der Waals surface area contributed by atoms with Crippen LogP contribution in [0.3, 0.4) is 0 Å². The van der Waals surface area contributed by atoms with Crippen molar-refractivity contribution >= 4 is 17.3 Å². The molecule has 0 radical (unpaired) electrons. The van der Waals surface area contributed by atoms with Crippen LogP contribution in [0.1, 0.15) is 17.7 Å². The predicted molar refractivity (Wildman–Crippen MR) is 70.7 cm³/mol. The Morgan fingerprint density at radius 2 is 2.41 bits per heavy atom. The molecular formula is C13H19ClN2O. The average Bonchev–Trinajstić information content (AvgIpc) is 2.78. The summed E-state index contributed by atoms with van der Waals surface area (Å²) >= 11 is 5.97. The summed E-state index contributed by atoms with van der Waals surface area (Å²) in [6.07, 6.45) is 3.08. The normalized spacial score (nSPS) is 19.9. The van der Waals surface area contributed by atoms with Gasteiger partial charge in [0, 0.05) is 49.3 Å². The number of rotatable bonds is 4. The first-order valence-corrected chi connectivity index (χ1v) is 6.53. The molecule has 94 valence electrons. The number of halogens is 1. The minimum Gasteiger partial charge on any atom is -0.384 e. The van der Waals surface area contributed by atoms with E-state index in [1.54, 1.807) is 7.11 Å². The number of hydrogen-bond donors (Lipinski definition) is 0. The topological polar surface area (TPSA) is 25.4 Å². The fourth-order valence-corrected chi connectivity index (χ4v) is 2.60. The maximum Gasteiger partial charge on any atom is 0.0509 e. The van der Waals surface area contributed by atoms with Crippen LogP contribution in [0.25, 0.3) is 0 Å². The standard InChI is InChI=1S/C13H19ClN2O/c1-10-5-13(12(6-14)7-15-10)16-4-3-11(8-16)9-17-2/h5,7,11H,3-4,6,8-9H2,1-2H3. The van der Waals surface area contributed by atoms with Gasteiger partial charge in [-0.25, -0.2) is 0 Å². The maximum absolute atomic E-state index is 5.97. The van der Waals surface area contributed by atoms with Crippen molar-refractivity contribution in [3.63, 3.8) is 0 Å². The van der Waals surface area contributed by atoms with Crippen molar-refractivity contribution < 1.29 is 4.74 Å². The van der Waals surface area contributed by atoms with Crippen molar-refractivity contribution in [2.24, 2.45) is 5.92 Å². The molecule has 0 amide bonds. The fourth-order valence-electron chi connectivity index (χ4n) is 2.39. The van der Waals surface area contributed by atoms with Gasteiger partial charge in [-0.2, -0.15) is 0 Å². The van der Waals surface area contributed by atoms with Crippen LogP contribution in [0.4, 0.5) is 5.69 Å². The van der Waals surface area contributed by atoms with E-state index < -0.39 is 0 Å². The molecular weight excluding hydrogens is 236 g/mol. The van der Waals surface area contributed by atoms with Crippen molar-refractivity contribution in [1.29, 1.82) is 0 Å². The van der Waals surface area contributed by atoms with Gasteiger partial charge in [0.25, 0.3) is 0 Å². The summed E-state index contributed by atoms with van der Waals surface area (Å²) in [6.45, 7) is 5.00. The first-order valence-electron chi connectivity index (χ1n) is 6.00. The minimum atomic E-state index is 0.522. The molecule has 2 rings (SSSR count). The van der Waals surface area contributed by atoms with Crippen molar-refractivity contribution in [2.75, 3.05) is 31.7 Å². The van der Waals surface area contributed by atoms with Gasteiger partial charge in [-0.3, -0.25) is 4.98 Å². The van der Waals surface area contributed by atoms with Gasteiger partial charge in [0.2, 0.25) is 0 Å². The molecule has 0 spiro atoms. The third-order valence-electron chi connectivity index (χ3n) is 3.27. The average molecular weight is 255 g/mol. The number of alkyl halides is 1. The third kappa shape index (κ3) is 2.90. The van der Waals surface area contributed by atoms with Gasteiger partial charge in [-0.05, 0) is 19.4 Å². The lowest BCUT2D eigenvalue weighted by atomic mass is 10.1. The summed E-state index contributed by atoms with van der Waals surface area (Å²) in [6, 6.07) is 2.13. The van der Waals surface area contributed by atoms with Gasteiger partial charge < -0.3 is 9.64 Å². The molecule has 0 aromatic carbocycles. The van der Waals surface area contributed by atoms with Gasteiger partial charge >= 0.3 is 0 Å². The number of methoxy groups -OCH3 is 1. The quantitative estimate of drug-likeness (QED) is 0.773. The van der Waals surface area contributed by atoms with Crippen LogP contribution in [0.2, 0.25) is 0 Å². The van der Waals surface area contributed by atoms with Crippen LogP contribution in [0.15, 0.2) is 12.3 Å². The molecule has 1 saturated heterocycles. The van der Waals surface area contributed by atoms with E-state index in [2.05, 4.69) is 16.0 Å². The summed E-state index contributed by atoms with van der Waals surface area (Å²) in [5.41, 5.74) is 3.41. The van der Waals surface area contributed by atoms with Crippen molar-refractivity contribution in [3.8, 4) is 0 Å². The maximum atomic E-state index is 5.97. The number of hydrogen-bond acceptors (Lipinski definition) is 3. The first-order chi connectivity index (χ1) is 8.24. The zero-order valence-corrected chi connectivity index (χ0v) is 11.2. The van der Waals surface area contributed by atoms with E-state index >= 15 is 0 Å². The largest absolute Gasteiger partial charge is 0.384 e. The van der Waals surface area contributed by atoms with E-state index in [9.17, 15) is 0 Å². The van der Waals surface area contributed by atoms with Crippen LogP contribution in [0, 0.1) is 12.8 Å². The fraction of sp³-hybridized carbons (Fsp3) is 0.615. The SMILES string of the molecule is COCC1CCN(c2cc(C)ncc2CCl)C1. The van der Waals surface area contributed by atoms with Crippen molar-refractivity contribution in [3.05, 3.63) is 23.5 Å². The highest BCUT2D eigenvalue weighted by molar-refractivity contribution is 6.17. The monoisotopic (exact) mass is 254 g/mol. The van der Waals surface area contributed by atoms with Crippen LogP contribution < -0.4 is 4.90 Å². The lowest BCUT2D eigenvalue weighted by Gasteiger charge is -2.21. The zero-order valence-electron chi connectivity index (χ0n) is 10.4. The van der Waals surface area contributed by atoms with Crippen LogP contribution in [-0.2, 0) is 10.6 Å². The van der Waals surface area contributed by atoms with Crippen molar-refractivity contribution in [1.82, 2.24) is 4.98 Å². The van der Waals surface area contributed by atoms with Crippen LogP contribution in [-0.4, -0.2) is 31.8 Å². The van der Waals surface area contributed by atoms with Gasteiger partial charge in [-0.15, -0.1) is 11.6 Å². The number of aryl methyl sites for hydroxylation is 1. The molecule has 1 atom stereocenters. The molecule has 1 aromatic heterocycles. The van der Waals surface area contributed by atoms with E-state index in [4.69, 9.17) is 16.3 Å². The second-order valence-corrected chi connectivity index (χ2v) is 4.91. The predicted octanol–water partition coefficient (Wildman–Crippen LogP) is 2.60. The first kappa shape index (κ1) is 12.7. The number of aromatic nitrogens is 1. The van der Waals surface area contributed by atoms with E-state index in [-0.39, 0.29) is 0 Å². The third-order valence-corrected chi connectivity index (χ3v) is 3.56. The smallest absolute Gasteiger partial charge is 0.0509 e. The molecule has 1 aromatic rings. The van der Waals surface area contributed by atoms with Gasteiger partial charge in [0.15, 0.2) is 0 Å². The lowest BCUT2D eigenvalue weighted by Crippen LogP contribution is -2.22.